The van der Waals surface area contributed by atoms with Crippen LogP contribution in [0, 0.1) is 6.92 Å². The van der Waals surface area contributed by atoms with Gasteiger partial charge in [-0.05, 0) is 31.6 Å². The Bertz CT molecular complexity index is 710. The van der Waals surface area contributed by atoms with E-state index in [0.717, 1.165) is 5.69 Å². The van der Waals surface area contributed by atoms with Crippen molar-refractivity contribution in [3.05, 3.63) is 48.1 Å². The molecule has 1 N–H and O–H groups in total. The van der Waals surface area contributed by atoms with E-state index in [-0.39, 0.29) is 18.4 Å². The minimum atomic E-state index is -0.347. The van der Waals surface area contributed by atoms with Crippen LogP contribution in [0.1, 0.15) is 12.1 Å². The van der Waals surface area contributed by atoms with Crippen molar-refractivity contribution in [2.24, 2.45) is 0 Å². The average Bonchev–Trinajstić information content (AvgIpc) is 2.88. The van der Waals surface area contributed by atoms with Crippen LogP contribution in [-0.2, 0) is 0 Å². The highest BCUT2D eigenvalue weighted by atomic mass is 19.1. The number of amides is 2. The summed E-state index contributed by atoms with van der Waals surface area (Å²) < 4.78 is 14.9. The topological polar surface area (TPSA) is 63.1 Å². The summed E-state index contributed by atoms with van der Waals surface area (Å²) in [5.41, 5.74) is 0.755. The van der Waals surface area contributed by atoms with Gasteiger partial charge in [0.05, 0.1) is 12.2 Å². The summed E-state index contributed by atoms with van der Waals surface area (Å²) in [6.07, 6.45) is 3.69. The maximum atomic E-state index is 13.3. The Morgan fingerprint density at radius 1 is 1.41 bits per heavy atom. The van der Waals surface area contributed by atoms with Gasteiger partial charge in [0.15, 0.2) is 5.82 Å². The van der Waals surface area contributed by atoms with Crippen LogP contribution in [-0.4, -0.2) is 38.8 Å². The van der Waals surface area contributed by atoms with Crippen molar-refractivity contribution in [2.75, 3.05) is 18.4 Å². The monoisotopic (exact) mass is 301 g/mol. The van der Waals surface area contributed by atoms with Gasteiger partial charge in [-0.25, -0.2) is 14.2 Å². The quantitative estimate of drug-likeness (QED) is 0.927. The van der Waals surface area contributed by atoms with Crippen LogP contribution in [0.15, 0.2) is 42.4 Å². The molecule has 3 rings (SSSR count). The van der Waals surface area contributed by atoms with Gasteiger partial charge >= 0.3 is 6.03 Å². The molecule has 2 amide bonds. The van der Waals surface area contributed by atoms with Gasteiger partial charge in [0.1, 0.15) is 11.6 Å². The Morgan fingerprint density at radius 2 is 2.27 bits per heavy atom. The molecule has 7 heteroatoms. The number of hydrogen-bond acceptors (Lipinski definition) is 3. The Labute approximate surface area is 127 Å². The van der Waals surface area contributed by atoms with Crippen molar-refractivity contribution in [3.63, 3.8) is 0 Å². The Morgan fingerprint density at radius 3 is 3.00 bits per heavy atom. The zero-order valence-corrected chi connectivity index (χ0v) is 12.2. The van der Waals surface area contributed by atoms with E-state index in [9.17, 15) is 9.18 Å². The first-order valence-electron chi connectivity index (χ1n) is 7.02. The number of nitrogens with one attached hydrogen (secondary N) is 1. The van der Waals surface area contributed by atoms with Gasteiger partial charge < -0.3 is 4.90 Å². The van der Waals surface area contributed by atoms with Gasteiger partial charge in [0.25, 0.3) is 0 Å². The lowest BCUT2D eigenvalue weighted by Crippen LogP contribution is -2.38. The first kappa shape index (κ1) is 14.2. The third-order valence-electron chi connectivity index (χ3n) is 3.33. The van der Waals surface area contributed by atoms with E-state index < -0.39 is 0 Å². The van der Waals surface area contributed by atoms with E-state index in [2.05, 4.69) is 15.4 Å². The largest absolute Gasteiger partial charge is 0.323 e. The summed E-state index contributed by atoms with van der Waals surface area (Å²) in [5, 5.41) is 7.10. The molecular formula is C15H16FN5O. The summed E-state index contributed by atoms with van der Waals surface area (Å²) in [4.78, 5) is 17.9. The van der Waals surface area contributed by atoms with Crippen LogP contribution in [0.2, 0.25) is 0 Å². The van der Waals surface area contributed by atoms with Crippen molar-refractivity contribution in [2.45, 2.75) is 13.3 Å². The van der Waals surface area contributed by atoms with Crippen molar-refractivity contribution < 1.29 is 9.18 Å². The van der Waals surface area contributed by atoms with E-state index in [1.807, 2.05) is 13.0 Å². The van der Waals surface area contributed by atoms with Gasteiger partial charge in [-0.2, -0.15) is 9.78 Å². The molecule has 0 unspecified atom stereocenters. The van der Waals surface area contributed by atoms with Crippen molar-refractivity contribution in [3.8, 4) is 5.82 Å². The molecule has 0 bridgehead atoms. The second-order valence-corrected chi connectivity index (χ2v) is 5.06. The number of carbonyl (C=O) groups is 1. The summed E-state index contributed by atoms with van der Waals surface area (Å²) in [5.74, 6) is 0.836. The lowest BCUT2D eigenvalue weighted by Gasteiger charge is -2.24. The molecule has 1 aliphatic rings. The van der Waals surface area contributed by atoms with Crippen molar-refractivity contribution in [1.82, 2.24) is 19.7 Å². The number of nitrogens with zero attached hydrogens (tertiary/aromatic N) is 4. The molecule has 22 heavy (non-hydrogen) atoms. The molecule has 0 saturated heterocycles. The highest BCUT2D eigenvalue weighted by Gasteiger charge is 2.20. The molecule has 2 aromatic rings. The minimum absolute atomic E-state index is 0.00252. The number of aromatic nitrogens is 3. The van der Waals surface area contributed by atoms with E-state index in [1.165, 1.54) is 11.0 Å². The summed E-state index contributed by atoms with van der Waals surface area (Å²) in [6, 6.07) is 6.85. The lowest BCUT2D eigenvalue weighted by atomic mass is 10.2. The second-order valence-electron chi connectivity index (χ2n) is 5.06. The number of hydrogen-bond donors (Lipinski definition) is 1. The van der Waals surface area contributed by atoms with Crippen molar-refractivity contribution >= 4 is 11.8 Å². The van der Waals surface area contributed by atoms with Crippen LogP contribution < -0.4 is 5.32 Å². The fourth-order valence-corrected chi connectivity index (χ4v) is 2.31. The van der Waals surface area contributed by atoms with E-state index in [0.29, 0.717) is 24.6 Å². The van der Waals surface area contributed by atoms with Crippen LogP contribution in [0.5, 0.6) is 0 Å². The van der Waals surface area contributed by atoms with E-state index in [4.69, 9.17) is 0 Å². The average molecular weight is 301 g/mol. The third kappa shape index (κ3) is 2.98. The van der Waals surface area contributed by atoms with E-state index in [1.54, 1.807) is 29.1 Å². The summed E-state index contributed by atoms with van der Waals surface area (Å²) >= 11 is 0. The molecule has 1 aliphatic heterocycles. The SMILES string of the molecule is Cc1cc(NC(=O)N2CCC=C(F)C2)n(-c2ccccn2)n1. The molecule has 0 spiro atoms. The number of carbonyl (C=O) groups excluding carboxylic acids is 1. The van der Waals surface area contributed by atoms with Crippen molar-refractivity contribution in [1.29, 1.82) is 0 Å². The number of pyridine rings is 1. The number of urea groups is 1. The zero-order chi connectivity index (χ0) is 15.5. The molecule has 2 aromatic heterocycles. The fourth-order valence-electron chi connectivity index (χ4n) is 2.31. The van der Waals surface area contributed by atoms with Crippen LogP contribution >= 0.6 is 0 Å². The van der Waals surface area contributed by atoms with Gasteiger partial charge in [-0.3, -0.25) is 5.32 Å². The smallest absolute Gasteiger partial charge is 0.318 e. The molecule has 0 fully saturated rings. The zero-order valence-electron chi connectivity index (χ0n) is 12.2. The second kappa shape index (κ2) is 5.97. The number of aryl methyl sites for hydroxylation is 1. The molecular weight excluding hydrogens is 285 g/mol. The van der Waals surface area contributed by atoms with Crippen LogP contribution in [0.4, 0.5) is 15.0 Å². The molecule has 114 valence electrons. The number of halogens is 1. The Kier molecular flexibility index (Phi) is 3.86. The highest BCUT2D eigenvalue weighted by molar-refractivity contribution is 5.89. The van der Waals surface area contributed by atoms with E-state index >= 15 is 0 Å². The number of rotatable bonds is 2. The predicted octanol–water partition coefficient (Wildman–Crippen LogP) is 2.67. The normalized spacial score (nSPS) is 14.6. The molecule has 0 atom stereocenters. The molecule has 3 heterocycles. The molecule has 0 aromatic carbocycles. The summed E-state index contributed by atoms with van der Waals surface area (Å²) in [6.45, 7) is 2.33. The molecule has 0 radical (unpaired) electrons. The first-order chi connectivity index (χ1) is 10.6. The Hall–Kier alpha value is -2.70. The van der Waals surface area contributed by atoms with Crippen LogP contribution in [0.3, 0.4) is 0 Å². The lowest BCUT2D eigenvalue weighted by molar-refractivity contribution is 0.210. The summed E-state index contributed by atoms with van der Waals surface area (Å²) in [7, 11) is 0. The Balaban J connectivity index is 1.81. The highest BCUT2D eigenvalue weighted by Crippen LogP contribution is 2.17. The standard InChI is InChI=1S/C15H16FN5O/c1-11-9-14(21(19-11)13-6-2-3-7-17-13)18-15(22)20-8-4-5-12(16)10-20/h2-3,5-7,9H,4,8,10H2,1H3,(H,18,22). The fraction of sp³-hybridized carbons (Fsp3) is 0.267. The van der Waals surface area contributed by atoms with Crippen LogP contribution in [0.25, 0.3) is 5.82 Å². The maximum absolute atomic E-state index is 13.3. The molecule has 6 nitrogen and oxygen atoms in total. The predicted molar refractivity (Wildman–Crippen MR) is 80.5 cm³/mol. The molecule has 0 aliphatic carbocycles. The maximum Gasteiger partial charge on any atom is 0.323 e. The minimum Gasteiger partial charge on any atom is -0.318 e. The van der Waals surface area contributed by atoms with Gasteiger partial charge in [0, 0.05) is 18.8 Å². The van der Waals surface area contributed by atoms with Gasteiger partial charge in [-0.1, -0.05) is 6.07 Å². The van der Waals surface area contributed by atoms with Gasteiger partial charge in [-0.15, -0.1) is 0 Å². The third-order valence-corrected chi connectivity index (χ3v) is 3.33. The number of anilines is 1. The first-order valence-corrected chi connectivity index (χ1v) is 7.02. The van der Waals surface area contributed by atoms with Gasteiger partial charge in [0.2, 0.25) is 0 Å². The molecule has 0 saturated carbocycles.